The summed E-state index contributed by atoms with van der Waals surface area (Å²) in [6.45, 7) is 2.08. The van der Waals surface area contributed by atoms with Gasteiger partial charge >= 0.3 is 0 Å². The molecule has 19 heavy (non-hydrogen) atoms. The monoisotopic (exact) mass is 295 g/mol. The van der Waals surface area contributed by atoms with Gasteiger partial charge in [0.15, 0.2) is 0 Å². The Morgan fingerprint density at radius 1 is 1.26 bits per heavy atom. The van der Waals surface area contributed by atoms with Gasteiger partial charge in [-0.15, -0.1) is 0 Å². The fourth-order valence-electron chi connectivity index (χ4n) is 2.10. The summed E-state index contributed by atoms with van der Waals surface area (Å²) in [6.07, 6.45) is 4.47. The quantitative estimate of drug-likeness (QED) is 0.670. The molecule has 5 heteroatoms. The van der Waals surface area contributed by atoms with Crippen molar-refractivity contribution in [2.45, 2.75) is 19.4 Å². The van der Waals surface area contributed by atoms with E-state index in [9.17, 15) is 0 Å². The van der Waals surface area contributed by atoms with Crippen LogP contribution in [-0.4, -0.2) is 4.98 Å². The fraction of sp³-hybridized carbons (Fsp3) is 0.214. The summed E-state index contributed by atoms with van der Waals surface area (Å²) in [6, 6.07) is 7.10. The van der Waals surface area contributed by atoms with Crippen molar-refractivity contribution in [1.82, 2.24) is 10.4 Å². The van der Waals surface area contributed by atoms with E-state index < -0.39 is 0 Å². The molecule has 1 aromatic heterocycles. The zero-order chi connectivity index (χ0) is 13.8. The largest absolute Gasteiger partial charge is 0.271 e. The number of nitrogens with two attached hydrogens (primary N) is 1. The molecule has 2 aromatic rings. The van der Waals surface area contributed by atoms with Crippen molar-refractivity contribution in [3.8, 4) is 0 Å². The molecule has 2 rings (SSSR count). The molecule has 1 aromatic carbocycles. The maximum atomic E-state index is 6.25. The summed E-state index contributed by atoms with van der Waals surface area (Å²) in [7, 11) is 0. The Hall–Kier alpha value is -1.13. The summed E-state index contributed by atoms with van der Waals surface area (Å²) in [5.41, 5.74) is 5.85. The van der Waals surface area contributed by atoms with Gasteiger partial charge in [0.1, 0.15) is 0 Å². The van der Waals surface area contributed by atoms with Gasteiger partial charge in [-0.1, -0.05) is 30.1 Å². The Bertz CT molecular complexity index is 572. The molecular weight excluding hydrogens is 281 g/mol. The molecule has 3 nitrogen and oxygen atoms in total. The SMILES string of the molecule is CCc1cnccc1C(NN)c1cc(Cl)ccc1Cl. The van der Waals surface area contributed by atoms with E-state index >= 15 is 0 Å². The summed E-state index contributed by atoms with van der Waals surface area (Å²) >= 11 is 12.3. The number of aryl methyl sites for hydroxylation is 1. The predicted molar refractivity (Wildman–Crippen MR) is 79.2 cm³/mol. The minimum Gasteiger partial charge on any atom is -0.271 e. The van der Waals surface area contributed by atoms with Crippen LogP contribution in [0.25, 0.3) is 0 Å². The summed E-state index contributed by atoms with van der Waals surface area (Å²) < 4.78 is 0. The molecule has 0 amide bonds. The highest BCUT2D eigenvalue weighted by molar-refractivity contribution is 6.33. The van der Waals surface area contributed by atoms with Gasteiger partial charge in [0.05, 0.1) is 6.04 Å². The maximum Gasteiger partial charge on any atom is 0.0728 e. The summed E-state index contributed by atoms with van der Waals surface area (Å²) in [4.78, 5) is 4.14. The van der Waals surface area contributed by atoms with Crippen molar-refractivity contribution in [2.75, 3.05) is 0 Å². The third-order valence-corrected chi connectivity index (χ3v) is 3.65. The average Bonchev–Trinajstić information content (AvgIpc) is 2.44. The average molecular weight is 296 g/mol. The minimum absolute atomic E-state index is 0.204. The van der Waals surface area contributed by atoms with Crippen molar-refractivity contribution < 1.29 is 0 Å². The highest BCUT2D eigenvalue weighted by Gasteiger charge is 2.18. The molecule has 0 aliphatic carbocycles. The third-order valence-electron chi connectivity index (χ3n) is 3.07. The van der Waals surface area contributed by atoms with Gasteiger partial charge in [-0.3, -0.25) is 10.8 Å². The Kier molecular flexibility index (Phi) is 4.77. The van der Waals surface area contributed by atoms with E-state index in [0.717, 1.165) is 23.1 Å². The highest BCUT2D eigenvalue weighted by Crippen LogP contribution is 2.31. The first kappa shape index (κ1) is 14.3. The van der Waals surface area contributed by atoms with Crippen molar-refractivity contribution in [2.24, 2.45) is 5.84 Å². The predicted octanol–water partition coefficient (Wildman–Crippen LogP) is 3.50. The van der Waals surface area contributed by atoms with E-state index in [1.54, 1.807) is 18.3 Å². The Morgan fingerprint density at radius 2 is 2.05 bits per heavy atom. The lowest BCUT2D eigenvalue weighted by Crippen LogP contribution is -2.29. The van der Waals surface area contributed by atoms with Crippen LogP contribution in [0.2, 0.25) is 10.0 Å². The number of nitrogens with zero attached hydrogens (tertiary/aromatic N) is 1. The molecule has 0 saturated heterocycles. The first-order valence-electron chi connectivity index (χ1n) is 6.01. The van der Waals surface area contributed by atoms with Gasteiger partial charge in [0, 0.05) is 22.4 Å². The lowest BCUT2D eigenvalue weighted by molar-refractivity contribution is 0.630. The minimum atomic E-state index is -0.204. The van der Waals surface area contributed by atoms with Gasteiger partial charge in [-0.05, 0) is 47.4 Å². The first-order valence-corrected chi connectivity index (χ1v) is 6.76. The summed E-state index contributed by atoms with van der Waals surface area (Å²) in [5, 5.41) is 1.26. The van der Waals surface area contributed by atoms with Crippen molar-refractivity contribution in [3.05, 3.63) is 63.4 Å². The number of rotatable bonds is 4. The molecule has 0 saturated carbocycles. The van der Waals surface area contributed by atoms with Crippen LogP contribution in [0.15, 0.2) is 36.7 Å². The van der Waals surface area contributed by atoms with Crippen LogP contribution in [0.1, 0.15) is 29.7 Å². The molecule has 0 radical (unpaired) electrons. The van der Waals surface area contributed by atoms with E-state index in [1.165, 1.54) is 0 Å². The number of benzene rings is 1. The number of aromatic nitrogens is 1. The van der Waals surface area contributed by atoms with E-state index in [2.05, 4.69) is 17.3 Å². The zero-order valence-electron chi connectivity index (χ0n) is 10.5. The molecule has 0 bridgehead atoms. The zero-order valence-corrected chi connectivity index (χ0v) is 12.0. The Labute approximate surface area is 122 Å². The van der Waals surface area contributed by atoms with Crippen molar-refractivity contribution in [1.29, 1.82) is 0 Å². The maximum absolute atomic E-state index is 6.25. The molecule has 1 unspecified atom stereocenters. The lowest BCUT2D eigenvalue weighted by atomic mass is 9.95. The molecular formula is C14H15Cl2N3. The number of hydrogen-bond acceptors (Lipinski definition) is 3. The lowest BCUT2D eigenvalue weighted by Gasteiger charge is -2.20. The molecule has 1 heterocycles. The topological polar surface area (TPSA) is 50.9 Å². The van der Waals surface area contributed by atoms with Gasteiger partial charge in [0.25, 0.3) is 0 Å². The van der Waals surface area contributed by atoms with Gasteiger partial charge in [-0.2, -0.15) is 0 Å². The van der Waals surface area contributed by atoms with Crippen molar-refractivity contribution in [3.63, 3.8) is 0 Å². The second kappa shape index (κ2) is 6.35. The third kappa shape index (κ3) is 3.07. The van der Waals surface area contributed by atoms with Crippen LogP contribution in [0.5, 0.6) is 0 Å². The smallest absolute Gasteiger partial charge is 0.0728 e. The number of halogens is 2. The molecule has 0 aliphatic rings. The molecule has 1 atom stereocenters. The molecule has 0 fully saturated rings. The van der Waals surface area contributed by atoms with Gasteiger partial charge < -0.3 is 0 Å². The van der Waals surface area contributed by atoms with E-state index in [1.807, 2.05) is 18.3 Å². The van der Waals surface area contributed by atoms with Crippen LogP contribution in [0.3, 0.4) is 0 Å². The van der Waals surface area contributed by atoms with Crippen LogP contribution in [0, 0.1) is 0 Å². The number of pyridine rings is 1. The molecule has 100 valence electrons. The van der Waals surface area contributed by atoms with E-state index in [-0.39, 0.29) is 6.04 Å². The van der Waals surface area contributed by atoms with Crippen LogP contribution in [0.4, 0.5) is 0 Å². The van der Waals surface area contributed by atoms with Gasteiger partial charge in [0.2, 0.25) is 0 Å². The number of hydrazine groups is 1. The number of nitrogens with one attached hydrogen (secondary N) is 1. The van der Waals surface area contributed by atoms with E-state index in [0.29, 0.717) is 10.0 Å². The highest BCUT2D eigenvalue weighted by atomic mass is 35.5. The second-order valence-electron chi connectivity index (χ2n) is 4.19. The van der Waals surface area contributed by atoms with Crippen LogP contribution >= 0.6 is 23.2 Å². The Morgan fingerprint density at radius 3 is 2.74 bits per heavy atom. The number of hydrogen-bond donors (Lipinski definition) is 2. The normalized spacial score (nSPS) is 12.4. The second-order valence-corrected chi connectivity index (χ2v) is 5.04. The van der Waals surface area contributed by atoms with Crippen LogP contribution < -0.4 is 11.3 Å². The summed E-state index contributed by atoms with van der Waals surface area (Å²) in [5.74, 6) is 5.71. The molecule has 0 spiro atoms. The standard InChI is InChI=1S/C14H15Cl2N3/c1-2-9-8-18-6-5-11(9)14(19-17)12-7-10(15)3-4-13(12)16/h3-8,14,19H,2,17H2,1H3. The fourth-order valence-corrected chi connectivity index (χ4v) is 2.51. The van der Waals surface area contributed by atoms with Crippen molar-refractivity contribution >= 4 is 23.2 Å². The van der Waals surface area contributed by atoms with Gasteiger partial charge in [-0.25, -0.2) is 5.43 Å². The first-order chi connectivity index (χ1) is 9.17. The van der Waals surface area contributed by atoms with Crippen LogP contribution in [-0.2, 0) is 6.42 Å². The van der Waals surface area contributed by atoms with E-state index in [4.69, 9.17) is 29.0 Å². The Balaban J connectivity index is 2.53. The molecule has 0 aliphatic heterocycles. The molecule has 3 N–H and O–H groups in total.